The summed E-state index contributed by atoms with van der Waals surface area (Å²) in [5, 5.41) is 21.1. The average Bonchev–Trinajstić information content (AvgIpc) is 2.82. The van der Waals surface area contributed by atoms with Crippen LogP contribution in [0.15, 0.2) is 24.5 Å². The molecule has 0 saturated heterocycles. The van der Waals surface area contributed by atoms with Crippen molar-refractivity contribution in [2.75, 3.05) is 17.6 Å². The van der Waals surface area contributed by atoms with Gasteiger partial charge in [-0.15, -0.1) is 5.10 Å². The molecule has 0 bridgehead atoms. The number of hydrogen-bond acceptors (Lipinski definition) is 7. The van der Waals surface area contributed by atoms with Gasteiger partial charge >= 0.3 is 5.69 Å². The number of nitrogens with two attached hydrogens (primary N) is 1. The van der Waals surface area contributed by atoms with E-state index in [-0.39, 0.29) is 17.3 Å². The SMILES string of the molecule is Nc1ccc([N+](=O)[O-])c(NCCn2ccnn2)n1. The van der Waals surface area contributed by atoms with Gasteiger partial charge in [-0.3, -0.25) is 14.8 Å². The van der Waals surface area contributed by atoms with E-state index < -0.39 is 4.92 Å². The third-order valence-electron chi connectivity index (χ3n) is 2.20. The molecule has 0 fully saturated rings. The zero-order chi connectivity index (χ0) is 13.0. The highest BCUT2D eigenvalue weighted by Gasteiger charge is 2.14. The average molecular weight is 249 g/mol. The molecule has 0 aliphatic carbocycles. The summed E-state index contributed by atoms with van der Waals surface area (Å²) in [5.74, 6) is 0.379. The normalized spacial score (nSPS) is 10.2. The molecule has 3 N–H and O–H groups in total. The lowest BCUT2D eigenvalue weighted by Gasteiger charge is -2.06. The molecule has 0 saturated carbocycles. The van der Waals surface area contributed by atoms with Gasteiger partial charge < -0.3 is 11.1 Å². The second kappa shape index (κ2) is 5.08. The molecule has 0 atom stereocenters. The van der Waals surface area contributed by atoms with Gasteiger partial charge in [-0.05, 0) is 6.07 Å². The molecule has 0 unspecified atom stereocenters. The second-order valence-electron chi connectivity index (χ2n) is 3.45. The number of rotatable bonds is 5. The molecular weight excluding hydrogens is 238 g/mol. The van der Waals surface area contributed by atoms with Gasteiger partial charge in [-0.1, -0.05) is 5.21 Å². The number of hydrogen-bond donors (Lipinski definition) is 2. The number of aromatic nitrogens is 4. The minimum absolute atomic E-state index is 0.109. The number of nitrogen functional groups attached to an aromatic ring is 1. The highest BCUT2D eigenvalue weighted by Crippen LogP contribution is 2.22. The van der Waals surface area contributed by atoms with Gasteiger partial charge in [0.25, 0.3) is 0 Å². The van der Waals surface area contributed by atoms with Crippen LogP contribution in [-0.4, -0.2) is 31.4 Å². The van der Waals surface area contributed by atoms with Crippen molar-refractivity contribution in [3.8, 4) is 0 Å². The maximum Gasteiger partial charge on any atom is 0.311 e. The van der Waals surface area contributed by atoms with Crippen LogP contribution >= 0.6 is 0 Å². The van der Waals surface area contributed by atoms with E-state index in [2.05, 4.69) is 20.6 Å². The summed E-state index contributed by atoms with van der Waals surface area (Å²) >= 11 is 0. The van der Waals surface area contributed by atoms with Crippen molar-refractivity contribution >= 4 is 17.3 Å². The number of pyridine rings is 1. The Hall–Kier alpha value is -2.71. The summed E-state index contributed by atoms with van der Waals surface area (Å²) in [7, 11) is 0. The standard InChI is InChI=1S/C9H11N7O2/c10-8-2-1-7(16(17)18)9(13-8)11-3-5-15-6-4-12-14-15/h1-2,4,6H,3,5H2,(H3,10,11,13). The van der Waals surface area contributed by atoms with Gasteiger partial charge in [0.15, 0.2) is 0 Å². The lowest BCUT2D eigenvalue weighted by atomic mass is 10.3. The van der Waals surface area contributed by atoms with E-state index in [4.69, 9.17) is 5.73 Å². The van der Waals surface area contributed by atoms with E-state index in [1.54, 1.807) is 17.1 Å². The Balaban J connectivity index is 2.03. The number of nitrogens with one attached hydrogen (secondary N) is 1. The Labute approximate surface area is 102 Å². The van der Waals surface area contributed by atoms with E-state index >= 15 is 0 Å². The molecule has 18 heavy (non-hydrogen) atoms. The summed E-state index contributed by atoms with van der Waals surface area (Å²) in [6, 6.07) is 2.71. The Morgan fingerprint density at radius 3 is 3.00 bits per heavy atom. The van der Waals surface area contributed by atoms with E-state index in [1.807, 2.05) is 0 Å². The second-order valence-corrected chi connectivity index (χ2v) is 3.45. The van der Waals surface area contributed by atoms with Crippen molar-refractivity contribution in [3.63, 3.8) is 0 Å². The fourth-order valence-corrected chi connectivity index (χ4v) is 1.39. The largest absolute Gasteiger partial charge is 0.384 e. The summed E-state index contributed by atoms with van der Waals surface area (Å²) in [6.07, 6.45) is 3.25. The molecule has 9 heteroatoms. The van der Waals surface area contributed by atoms with Crippen LogP contribution in [0.3, 0.4) is 0 Å². The molecular formula is C9H11N7O2. The first kappa shape index (κ1) is 11.8. The molecule has 94 valence electrons. The maximum atomic E-state index is 10.8. The first-order valence-electron chi connectivity index (χ1n) is 5.15. The smallest absolute Gasteiger partial charge is 0.311 e. The molecule has 0 aliphatic heterocycles. The Morgan fingerprint density at radius 2 is 2.33 bits per heavy atom. The number of nitro groups is 1. The van der Waals surface area contributed by atoms with Crippen molar-refractivity contribution in [1.82, 2.24) is 20.0 Å². The first-order chi connectivity index (χ1) is 8.66. The third-order valence-corrected chi connectivity index (χ3v) is 2.20. The summed E-state index contributed by atoms with van der Waals surface area (Å²) in [6.45, 7) is 0.953. The predicted molar refractivity (Wildman–Crippen MR) is 63.8 cm³/mol. The molecule has 0 amide bonds. The maximum absolute atomic E-state index is 10.8. The Morgan fingerprint density at radius 1 is 1.50 bits per heavy atom. The van der Waals surface area contributed by atoms with Crippen molar-refractivity contribution in [3.05, 3.63) is 34.6 Å². The van der Waals surface area contributed by atoms with Crippen LogP contribution in [0.2, 0.25) is 0 Å². The Kier molecular flexibility index (Phi) is 3.32. The van der Waals surface area contributed by atoms with Crippen molar-refractivity contribution in [2.24, 2.45) is 0 Å². The molecule has 0 spiro atoms. The summed E-state index contributed by atoms with van der Waals surface area (Å²) in [5.41, 5.74) is 5.38. The number of nitrogens with zero attached hydrogens (tertiary/aromatic N) is 5. The predicted octanol–water partition coefficient (Wildman–Crippen LogP) is 0.276. The van der Waals surface area contributed by atoms with E-state index in [0.717, 1.165) is 0 Å². The highest BCUT2D eigenvalue weighted by molar-refractivity contribution is 5.59. The fourth-order valence-electron chi connectivity index (χ4n) is 1.39. The van der Waals surface area contributed by atoms with Crippen molar-refractivity contribution < 1.29 is 4.92 Å². The van der Waals surface area contributed by atoms with Crippen LogP contribution in [0.4, 0.5) is 17.3 Å². The lowest BCUT2D eigenvalue weighted by Crippen LogP contribution is -2.13. The first-order valence-corrected chi connectivity index (χ1v) is 5.15. The molecule has 2 rings (SSSR count). The van der Waals surface area contributed by atoms with Crippen molar-refractivity contribution in [2.45, 2.75) is 6.54 Å². The van der Waals surface area contributed by atoms with Crippen molar-refractivity contribution in [1.29, 1.82) is 0 Å². The molecule has 2 heterocycles. The monoisotopic (exact) mass is 249 g/mol. The van der Waals surface area contributed by atoms with Crippen LogP contribution in [-0.2, 0) is 6.54 Å². The molecule has 9 nitrogen and oxygen atoms in total. The molecule has 2 aromatic rings. The van der Waals surface area contributed by atoms with Crippen LogP contribution in [0.25, 0.3) is 0 Å². The lowest BCUT2D eigenvalue weighted by molar-refractivity contribution is -0.384. The van der Waals surface area contributed by atoms with Gasteiger partial charge in [-0.2, -0.15) is 0 Å². The zero-order valence-electron chi connectivity index (χ0n) is 9.35. The van der Waals surface area contributed by atoms with Gasteiger partial charge in [0, 0.05) is 18.8 Å². The van der Waals surface area contributed by atoms with Gasteiger partial charge in [0.2, 0.25) is 5.82 Å². The minimum Gasteiger partial charge on any atom is -0.384 e. The topological polar surface area (TPSA) is 125 Å². The van der Waals surface area contributed by atoms with Gasteiger partial charge in [0.05, 0.1) is 17.7 Å². The number of anilines is 2. The van der Waals surface area contributed by atoms with Crippen LogP contribution in [0, 0.1) is 10.1 Å². The van der Waals surface area contributed by atoms with E-state index in [9.17, 15) is 10.1 Å². The summed E-state index contributed by atoms with van der Waals surface area (Å²) < 4.78 is 1.60. The highest BCUT2D eigenvalue weighted by atomic mass is 16.6. The van der Waals surface area contributed by atoms with Crippen LogP contribution < -0.4 is 11.1 Å². The zero-order valence-corrected chi connectivity index (χ0v) is 9.35. The van der Waals surface area contributed by atoms with Gasteiger partial charge in [-0.25, -0.2) is 4.98 Å². The van der Waals surface area contributed by atoms with E-state index in [0.29, 0.717) is 13.1 Å². The van der Waals surface area contributed by atoms with Gasteiger partial charge in [0.1, 0.15) is 5.82 Å². The molecule has 0 radical (unpaired) electrons. The molecule has 0 aromatic carbocycles. The minimum atomic E-state index is -0.510. The fraction of sp³-hybridized carbons (Fsp3) is 0.222. The molecule has 0 aliphatic rings. The van der Waals surface area contributed by atoms with Crippen LogP contribution in [0.1, 0.15) is 0 Å². The molecule has 2 aromatic heterocycles. The quantitative estimate of drug-likeness (QED) is 0.575. The third kappa shape index (κ3) is 2.70. The Bertz CT molecular complexity index is 540. The summed E-state index contributed by atoms with van der Waals surface area (Å²) in [4.78, 5) is 14.2. The van der Waals surface area contributed by atoms with E-state index in [1.165, 1.54) is 12.1 Å². The van der Waals surface area contributed by atoms with Crippen LogP contribution in [0.5, 0.6) is 0 Å².